The summed E-state index contributed by atoms with van der Waals surface area (Å²) in [6.45, 7) is 5.73. The van der Waals surface area contributed by atoms with Crippen molar-refractivity contribution in [2.45, 2.75) is 104 Å². The minimum atomic E-state index is -4.78. The Labute approximate surface area is 264 Å². The molecule has 0 heterocycles. The van der Waals surface area contributed by atoms with Gasteiger partial charge in [0.25, 0.3) is 0 Å². The van der Waals surface area contributed by atoms with Crippen LogP contribution in [-0.2, 0) is 11.2 Å². The molecule has 0 radical (unpaired) electrons. The zero-order valence-electron chi connectivity index (χ0n) is 26.4. The first kappa shape index (κ1) is 35.8. The van der Waals surface area contributed by atoms with E-state index >= 15 is 0 Å². The van der Waals surface area contributed by atoms with Gasteiger partial charge in [-0.25, -0.2) is 14.0 Å². The quantitative estimate of drug-likeness (QED) is 0.0646. The van der Waals surface area contributed by atoms with Gasteiger partial charge in [-0.3, -0.25) is 0 Å². The van der Waals surface area contributed by atoms with Crippen molar-refractivity contribution in [3.05, 3.63) is 89.2 Å². The summed E-state index contributed by atoms with van der Waals surface area (Å²) < 4.78 is 64.5. The zero-order chi connectivity index (χ0) is 32.8. The van der Waals surface area contributed by atoms with Gasteiger partial charge in [-0.15, -0.1) is 0 Å². The van der Waals surface area contributed by atoms with E-state index in [1.807, 2.05) is 0 Å². The number of esters is 2. The minimum absolute atomic E-state index is 0.0313. The largest absolute Gasteiger partial charge is 0.449 e. The maximum atomic E-state index is 14.7. The molecule has 8 heteroatoms. The van der Waals surface area contributed by atoms with Crippen LogP contribution in [0.5, 0.6) is 5.75 Å². The summed E-state index contributed by atoms with van der Waals surface area (Å²) in [5.41, 5.74) is 2.78. The molecule has 0 spiro atoms. The third-order valence-corrected chi connectivity index (χ3v) is 7.72. The SMILES string of the molecule is CCCCCCCCCCc1ccc(-c2ccc(C(=O)Oc3ccc(C(=O)O[C@H](CCC(C)C)C(F)(F)F)c(F)c3)cc2)cc1. The lowest BCUT2D eigenvalue weighted by Crippen LogP contribution is -2.34. The fourth-order valence-electron chi connectivity index (χ4n) is 4.98. The Balaban J connectivity index is 1.52. The van der Waals surface area contributed by atoms with Crippen molar-refractivity contribution >= 4 is 11.9 Å². The Hall–Kier alpha value is -3.68. The summed E-state index contributed by atoms with van der Waals surface area (Å²) in [5, 5.41) is 0. The summed E-state index contributed by atoms with van der Waals surface area (Å²) in [6, 6.07) is 18.0. The molecule has 0 N–H and O–H groups in total. The van der Waals surface area contributed by atoms with Crippen molar-refractivity contribution in [1.82, 2.24) is 0 Å². The van der Waals surface area contributed by atoms with Crippen LogP contribution in [0.4, 0.5) is 17.6 Å². The van der Waals surface area contributed by atoms with E-state index in [1.165, 1.54) is 56.9 Å². The molecule has 0 unspecified atom stereocenters. The average molecular weight is 629 g/mol. The number of carbonyl (C=O) groups excluding carboxylic acids is 2. The summed E-state index contributed by atoms with van der Waals surface area (Å²) in [4.78, 5) is 25.0. The van der Waals surface area contributed by atoms with Crippen LogP contribution in [0.2, 0.25) is 0 Å². The van der Waals surface area contributed by atoms with Crippen LogP contribution in [0, 0.1) is 11.7 Å². The van der Waals surface area contributed by atoms with Gasteiger partial charge in [0.15, 0.2) is 6.10 Å². The molecule has 0 amide bonds. The van der Waals surface area contributed by atoms with Crippen LogP contribution in [0.3, 0.4) is 0 Å². The highest BCUT2D eigenvalue weighted by molar-refractivity contribution is 5.92. The molecular formula is C37H44F4O4. The van der Waals surface area contributed by atoms with Gasteiger partial charge in [0, 0.05) is 6.07 Å². The van der Waals surface area contributed by atoms with Crippen molar-refractivity contribution in [3.8, 4) is 16.9 Å². The Morgan fingerprint density at radius 1 is 0.733 bits per heavy atom. The number of unbranched alkanes of at least 4 members (excludes halogenated alkanes) is 7. The van der Waals surface area contributed by atoms with Crippen LogP contribution in [0.15, 0.2) is 66.7 Å². The second-order valence-electron chi connectivity index (χ2n) is 11.9. The number of aryl methyl sites for hydroxylation is 1. The predicted molar refractivity (Wildman–Crippen MR) is 169 cm³/mol. The highest BCUT2D eigenvalue weighted by Crippen LogP contribution is 2.29. The molecule has 3 aromatic rings. The standard InChI is InChI=1S/C37H44F4O4/c1-4-5-6-7-8-9-10-11-12-27-14-16-28(17-15-27)29-18-20-30(21-19-29)35(42)44-31-22-23-32(33(38)25-31)36(43)45-34(37(39,40)41)24-13-26(2)3/h14-23,25-26,34H,4-13,24H2,1-3H3/t34-/m1/s1. The van der Waals surface area contributed by atoms with Crippen LogP contribution in [0.25, 0.3) is 11.1 Å². The first-order valence-corrected chi connectivity index (χ1v) is 16.0. The van der Waals surface area contributed by atoms with Gasteiger partial charge in [-0.1, -0.05) is 102 Å². The van der Waals surface area contributed by atoms with Crippen LogP contribution in [0.1, 0.15) is 111 Å². The first-order chi connectivity index (χ1) is 21.5. The molecule has 0 saturated carbocycles. The molecule has 0 fully saturated rings. The molecule has 0 aliphatic heterocycles. The number of hydrogen-bond acceptors (Lipinski definition) is 4. The molecule has 4 nitrogen and oxygen atoms in total. The molecule has 0 aliphatic rings. The maximum Gasteiger partial charge on any atom is 0.425 e. The van der Waals surface area contributed by atoms with Crippen molar-refractivity contribution in [2.75, 3.05) is 0 Å². The number of carbonyl (C=O) groups is 2. The molecule has 244 valence electrons. The van der Waals surface area contributed by atoms with Gasteiger partial charge < -0.3 is 9.47 Å². The van der Waals surface area contributed by atoms with Gasteiger partial charge in [0.05, 0.1) is 11.1 Å². The molecule has 0 aliphatic carbocycles. The monoisotopic (exact) mass is 628 g/mol. The van der Waals surface area contributed by atoms with E-state index < -0.39 is 42.0 Å². The Kier molecular flexibility index (Phi) is 14.1. The lowest BCUT2D eigenvalue weighted by Gasteiger charge is -2.21. The van der Waals surface area contributed by atoms with Gasteiger partial charge in [0.2, 0.25) is 0 Å². The fourth-order valence-corrected chi connectivity index (χ4v) is 4.98. The summed E-state index contributed by atoms with van der Waals surface area (Å²) in [6.07, 6.45) is 3.99. The number of benzene rings is 3. The molecule has 3 rings (SSSR count). The first-order valence-electron chi connectivity index (χ1n) is 16.0. The van der Waals surface area contributed by atoms with E-state index in [-0.39, 0.29) is 23.7 Å². The topological polar surface area (TPSA) is 52.6 Å². The number of alkyl halides is 3. The Bertz CT molecular complexity index is 1350. The molecule has 0 saturated heterocycles. The predicted octanol–water partition coefficient (Wildman–Crippen LogP) is 10.9. The van der Waals surface area contributed by atoms with Crippen molar-refractivity contribution in [3.63, 3.8) is 0 Å². The summed E-state index contributed by atoms with van der Waals surface area (Å²) in [5.74, 6) is -3.57. The highest BCUT2D eigenvalue weighted by Gasteiger charge is 2.42. The normalized spacial score (nSPS) is 12.3. The van der Waals surface area contributed by atoms with Crippen LogP contribution >= 0.6 is 0 Å². The third-order valence-electron chi connectivity index (χ3n) is 7.72. The molecule has 3 aromatic carbocycles. The fraction of sp³-hybridized carbons (Fsp3) is 0.459. The van der Waals surface area contributed by atoms with Crippen molar-refractivity contribution < 1.29 is 36.6 Å². The van der Waals surface area contributed by atoms with E-state index in [4.69, 9.17) is 4.74 Å². The summed E-state index contributed by atoms with van der Waals surface area (Å²) in [7, 11) is 0. The van der Waals surface area contributed by atoms with Crippen molar-refractivity contribution in [1.29, 1.82) is 0 Å². The highest BCUT2D eigenvalue weighted by atomic mass is 19.4. The van der Waals surface area contributed by atoms with Gasteiger partial charge >= 0.3 is 18.1 Å². The average Bonchev–Trinajstić information content (AvgIpc) is 3.00. The van der Waals surface area contributed by atoms with Crippen LogP contribution < -0.4 is 4.74 Å². The number of rotatable bonds is 17. The van der Waals surface area contributed by atoms with E-state index in [1.54, 1.807) is 38.1 Å². The van der Waals surface area contributed by atoms with E-state index in [0.29, 0.717) is 0 Å². The number of halogens is 4. The second kappa shape index (κ2) is 17.7. The van der Waals surface area contributed by atoms with E-state index in [0.717, 1.165) is 35.7 Å². The molecule has 0 bridgehead atoms. The maximum absolute atomic E-state index is 14.7. The van der Waals surface area contributed by atoms with E-state index in [9.17, 15) is 27.2 Å². The summed E-state index contributed by atoms with van der Waals surface area (Å²) >= 11 is 0. The smallest absolute Gasteiger partial charge is 0.425 e. The minimum Gasteiger partial charge on any atom is -0.449 e. The van der Waals surface area contributed by atoms with Gasteiger partial charge in [-0.2, -0.15) is 13.2 Å². The third kappa shape index (κ3) is 12.0. The lowest BCUT2D eigenvalue weighted by atomic mass is 10.00. The molecular weight excluding hydrogens is 584 g/mol. The lowest BCUT2D eigenvalue weighted by molar-refractivity contribution is -0.206. The van der Waals surface area contributed by atoms with Gasteiger partial charge in [0.1, 0.15) is 11.6 Å². The Morgan fingerprint density at radius 2 is 1.31 bits per heavy atom. The second-order valence-corrected chi connectivity index (χ2v) is 11.9. The molecule has 1 atom stereocenters. The zero-order valence-corrected chi connectivity index (χ0v) is 26.4. The molecule has 0 aromatic heterocycles. The van der Waals surface area contributed by atoms with Crippen molar-refractivity contribution in [2.24, 2.45) is 5.92 Å². The number of hydrogen-bond donors (Lipinski definition) is 0. The number of ether oxygens (including phenoxy) is 2. The van der Waals surface area contributed by atoms with Gasteiger partial charge in [-0.05, 0) is 72.6 Å². The molecule has 45 heavy (non-hydrogen) atoms. The Morgan fingerprint density at radius 3 is 1.87 bits per heavy atom. The van der Waals surface area contributed by atoms with E-state index in [2.05, 4.69) is 35.9 Å². The van der Waals surface area contributed by atoms with Crippen LogP contribution in [-0.4, -0.2) is 24.2 Å².